The lowest BCUT2D eigenvalue weighted by molar-refractivity contribution is -0.121. The van der Waals surface area contributed by atoms with Crippen molar-refractivity contribution in [2.75, 3.05) is 19.6 Å². The van der Waals surface area contributed by atoms with Gasteiger partial charge in [-0.05, 0) is 19.3 Å². The van der Waals surface area contributed by atoms with E-state index < -0.39 is 0 Å². The van der Waals surface area contributed by atoms with Crippen LogP contribution in [0.4, 0.5) is 0 Å². The van der Waals surface area contributed by atoms with E-state index in [1.807, 2.05) is 0 Å². The zero-order valence-electron chi connectivity index (χ0n) is 7.88. The third-order valence-electron chi connectivity index (χ3n) is 2.79. The van der Waals surface area contributed by atoms with Crippen LogP contribution in [0.25, 0.3) is 0 Å². The molecule has 2 fully saturated rings. The first-order valence-electron chi connectivity index (χ1n) is 5.13. The normalized spacial score (nSPS) is 31.4. The Balaban J connectivity index is 1.92. The molecule has 0 aromatic carbocycles. The summed E-state index contributed by atoms with van der Waals surface area (Å²) in [5, 5.41) is 5.15. The van der Waals surface area contributed by atoms with Gasteiger partial charge in [-0.25, -0.2) is 5.01 Å². The predicted octanol–water partition coefficient (Wildman–Crippen LogP) is -0.135. The van der Waals surface area contributed by atoms with E-state index in [1.54, 1.807) is 0 Å². The Morgan fingerprint density at radius 3 is 3.00 bits per heavy atom. The third kappa shape index (κ3) is 2.19. The van der Waals surface area contributed by atoms with E-state index in [-0.39, 0.29) is 5.91 Å². The highest BCUT2D eigenvalue weighted by molar-refractivity contribution is 5.76. The van der Waals surface area contributed by atoms with Crippen LogP contribution in [0.5, 0.6) is 0 Å². The molecule has 1 amide bonds. The number of hydrogen-bond acceptors (Lipinski definition) is 3. The zero-order chi connectivity index (χ0) is 9.10. The maximum absolute atomic E-state index is 11.3. The van der Waals surface area contributed by atoms with E-state index in [4.69, 9.17) is 0 Å². The van der Waals surface area contributed by atoms with E-state index in [2.05, 4.69) is 15.8 Å². The molecule has 2 rings (SSSR count). The zero-order valence-corrected chi connectivity index (χ0v) is 7.88. The molecule has 0 spiro atoms. The van der Waals surface area contributed by atoms with Crippen LogP contribution in [0, 0.1) is 0 Å². The molecular formula is C9H17N3O. The number of hydrogen-bond donors (Lipinski definition) is 2. The van der Waals surface area contributed by atoms with Crippen molar-refractivity contribution < 1.29 is 4.79 Å². The molecule has 0 radical (unpaired) electrons. The second kappa shape index (κ2) is 4.07. The van der Waals surface area contributed by atoms with Crippen molar-refractivity contribution in [3.05, 3.63) is 0 Å². The quantitative estimate of drug-likeness (QED) is 0.595. The van der Waals surface area contributed by atoms with Crippen LogP contribution in [-0.4, -0.2) is 36.6 Å². The summed E-state index contributed by atoms with van der Waals surface area (Å²) in [5.41, 5.74) is 3.33. The molecule has 2 aliphatic heterocycles. The van der Waals surface area contributed by atoms with Gasteiger partial charge in [0, 0.05) is 32.1 Å². The Morgan fingerprint density at radius 2 is 2.23 bits per heavy atom. The molecule has 2 saturated heterocycles. The fourth-order valence-electron chi connectivity index (χ4n) is 2.08. The lowest BCUT2D eigenvalue weighted by Gasteiger charge is -2.24. The molecule has 0 aromatic rings. The smallest absolute Gasteiger partial charge is 0.221 e. The number of nitrogens with zero attached hydrogens (tertiary/aromatic N) is 1. The fourth-order valence-corrected chi connectivity index (χ4v) is 2.08. The first kappa shape index (κ1) is 8.97. The Kier molecular flexibility index (Phi) is 2.80. The van der Waals surface area contributed by atoms with Crippen LogP contribution in [0.2, 0.25) is 0 Å². The van der Waals surface area contributed by atoms with Crippen molar-refractivity contribution in [1.29, 1.82) is 0 Å². The van der Waals surface area contributed by atoms with Crippen molar-refractivity contribution in [3.8, 4) is 0 Å². The van der Waals surface area contributed by atoms with Gasteiger partial charge < -0.3 is 5.32 Å². The Labute approximate surface area is 78.6 Å². The summed E-state index contributed by atoms with van der Waals surface area (Å²) in [6, 6.07) is 0.421. The molecule has 2 heterocycles. The maximum atomic E-state index is 11.3. The molecule has 4 heteroatoms. The summed E-state index contributed by atoms with van der Waals surface area (Å²) in [4.78, 5) is 11.3. The Morgan fingerprint density at radius 1 is 1.31 bits per heavy atom. The fraction of sp³-hybridized carbons (Fsp3) is 0.889. The van der Waals surface area contributed by atoms with Gasteiger partial charge in [0.1, 0.15) is 0 Å². The number of amides is 1. The molecule has 0 aromatic heterocycles. The lowest BCUT2D eigenvalue weighted by atomic mass is 10.1. The second-order valence-electron chi connectivity index (χ2n) is 3.81. The number of carbonyl (C=O) groups excluding carboxylic acids is 1. The van der Waals surface area contributed by atoms with E-state index in [1.165, 1.54) is 6.42 Å². The van der Waals surface area contributed by atoms with Crippen LogP contribution in [0.3, 0.4) is 0 Å². The summed E-state index contributed by atoms with van der Waals surface area (Å²) in [6.07, 6.45) is 4.10. The van der Waals surface area contributed by atoms with E-state index in [0.717, 1.165) is 32.5 Å². The van der Waals surface area contributed by atoms with E-state index in [0.29, 0.717) is 12.5 Å². The Hall–Kier alpha value is -0.610. The predicted molar refractivity (Wildman–Crippen MR) is 50.0 cm³/mol. The van der Waals surface area contributed by atoms with Crippen molar-refractivity contribution >= 4 is 5.91 Å². The number of rotatable bonds is 1. The molecule has 2 aliphatic rings. The van der Waals surface area contributed by atoms with E-state index in [9.17, 15) is 4.79 Å². The first-order valence-corrected chi connectivity index (χ1v) is 5.13. The van der Waals surface area contributed by atoms with Gasteiger partial charge in [0.2, 0.25) is 5.91 Å². The highest BCUT2D eigenvalue weighted by Crippen LogP contribution is 2.14. The number of nitrogens with one attached hydrogen (secondary N) is 2. The average Bonchev–Trinajstić information content (AvgIpc) is 2.56. The molecule has 1 atom stereocenters. The molecule has 4 nitrogen and oxygen atoms in total. The minimum absolute atomic E-state index is 0.205. The largest absolute Gasteiger partial charge is 0.356 e. The SMILES string of the molecule is O=C1CC(N2CCCN2)CCCN1. The van der Waals surface area contributed by atoms with Crippen molar-refractivity contribution in [2.24, 2.45) is 0 Å². The van der Waals surface area contributed by atoms with Gasteiger partial charge in [-0.15, -0.1) is 0 Å². The molecular weight excluding hydrogens is 166 g/mol. The van der Waals surface area contributed by atoms with Gasteiger partial charge in [-0.3, -0.25) is 10.2 Å². The van der Waals surface area contributed by atoms with Crippen LogP contribution >= 0.6 is 0 Å². The highest BCUT2D eigenvalue weighted by atomic mass is 16.1. The van der Waals surface area contributed by atoms with Crippen LogP contribution in [0.15, 0.2) is 0 Å². The van der Waals surface area contributed by atoms with Gasteiger partial charge in [0.25, 0.3) is 0 Å². The minimum Gasteiger partial charge on any atom is -0.356 e. The highest BCUT2D eigenvalue weighted by Gasteiger charge is 2.25. The van der Waals surface area contributed by atoms with Gasteiger partial charge in [-0.2, -0.15) is 0 Å². The molecule has 0 saturated carbocycles. The van der Waals surface area contributed by atoms with Crippen LogP contribution in [-0.2, 0) is 4.79 Å². The first-order chi connectivity index (χ1) is 6.36. The summed E-state index contributed by atoms with van der Waals surface area (Å²) in [7, 11) is 0. The summed E-state index contributed by atoms with van der Waals surface area (Å²) in [6.45, 7) is 3.01. The molecule has 0 aliphatic carbocycles. The van der Waals surface area contributed by atoms with Crippen molar-refractivity contribution in [1.82, 2.24) is 15.8 Å². The van der Waals surface area contributed by atoms with Crippen LogP contribution in [0.1, 0.15) is 25.7 Å². The summed E-state index contributed by atoms with van der Waals surface area (Å²) in [5.74, 6) is 0.205. The third-order valence-corrected chi connectivity index (χ3v) is 2.79. The molecule has 0 bridgehead atoms. The monoisotopic (exact) mass is 183 g/mol. The number of hydrazine groups is 1. The molecule has 2 N–H and O–H groups in total. The van der Waals surface area contributed by atoms with Crippen molar-refractivity contribution in [2.45, 2.75) is 31.7 Å². The molecule has 1 unspecified atom stereocenters. The topological polar surface area (TPSA) is 44.4 Å². The van der Waals surface area contributed by atoms with Gasteiger partial charge >= 0.3 is 0 Å². The number of carbonyl (C=O) groups is 1. The molecule has 74 valence electrons. The lowest BCUT2D eigenvalue weighted by Crippen LogP contribution is -2.41. The minimum atomic E-state index is 0.205. The van der Waals surface area contributed by atoms with E-state index >= 15 is 0 Å². The van der Waals surface area contributed by atoms with Crippen LogP contribution < -0.4 is 10.7 Å². The second-order valence-corrected chi connectivity index (χ2v) is 3.81. The molecule has 13 heavy (non-hydrogen) atoms. The maximum Gasteiger partial charge on any atom is 0.221 e. The van der Waals surface area contributed by atoms with Gasteiger partial charge in [-0.1, -0.05) is 0 Å². The standard InChI is InChI=1S/C9H17N3O/c13-9-7-8(3-1-4-10-9)12-6-2-5-11-12/h8,11H,1-7H2,(H,10,13). The Bertz CT molecular complexity index is 189. The summed E-state index contributed by atoms with van der Waals surface area (Å²) >= 11 is 0. The summed E-state index contributed by atoms with van der Waals surface area (Å²) < 4.78 is 0. The van der Waals surface area contributed by atoms with Gasteiger partial charge in [0.05, 0.1) is 0 Å². The average molecular weight is 183 g/mol. The van der Waals surface area contributed by atoms with Crippen molar-refractivity contribution in [3.63, 3.8) is 0 Å². The van der Waals surface area contributed by atoms with Gasteiger partial charge in [0.15, 0.2) is 0 Å².